The lowest BCUT2D eigenvalue weighted by atomic mass is 10.1. The average molecular weight is 552 g/mol. The van der Waals surface area contributed by atoms with Gasteiger partial charge in [0, 0.05) is 42.3 Å². The highest BCUT2D eigenvalue weighted by atomic mass is 19.4. The number of nitrogens with zero attached hydrogens (tertiary/aromatic N) is 2. The first kappa shape index (κ1) is 28.7. The molecule has 0 spiro atoms. The van der Waals surface area contributed by atoms with Crippen LogP contribution in [0.4, 0.5) is 13.2 Å². The number of hydrogen-bond acceptors (Lipinski definition) is 3. The number of fused-ring (bicyclic) bond motifs is 1. The second kappa shape index (κ2) is 12.7. The van der Waals surface area contributed by atoms with E-state index >= 15 is 0 Å². The number of carbonyl (C=O) groups is 2. The fourth-order valence-electron chi connectivity index (χ4n) is 4.61. The Hall–Kier alpha value is -4.27. The number of ether oxygens (including phenoxy) is 1. The first-order valence-electron chi connectivity index (χ1n) is 13.1. The number of rotatable bonds is 11. The molecule has 40 heavy (non-hydrogen) atoms. The molecule has 0 unspecified atom stereocenters. The van der Waals surface area contributed by atoms with Crippen molar-refractivity contribution in [1.82, 2.24) is 14.8 Å². The summed E-state index contributed by atoms with van der Waals surface area (Å²) in [5, 5.41) is 1.09. The van der Waals surface area contributed by atoms with E-state index < -0.39 is 17.6 Å². The van der Waals surface area contributed by atoms with Crippen molar-refractivity contribution < 1.29 is 27.5 Å². The summed E-state index contributed by atoms with van der Waals surface area (Å²) in [6, 6.07) is 19.5. The second-order valence-electron chi connectivity index (χ2n) is 9.57. The summed E-state index contributed by atoms with van der Waals surface area (Å²) < 4.78 is 44.2. The SMILES string of the molecule is CCCN(CC(=O)N(CCc1c[nH]c2ccccc12)Cc1ccc(OC)cc1)C(=O)c1ccc(C(F)(F)F)cc1. The van der Waals surface area contributed by atoms with E-state index in [2.05, 4.69) is 4.98 Å². The molecule has 0 bridgehead atoms. The summed E-state index contributed by atoms with van der Waals surface area (Å²) in [6.45, 7) is 2.74. The number of aromatic amines is 1. The van der Waals surface area contributed by atoms with Crippen LogP contribution in [-0.4, -0.2) is 53.3 Å². The van der Waals surface area contributed by atoms with Crippen LogP contribution >= 0.6 is 0 Å². The topological polar surface area (TPSA) is 65.6 Å². The standard InChI is InChI=1S/C31H32F3N3O3/c1-3-17-37(30(39)23-10-12-25(13-11-23)31(32,33)34)21-29(38)36(20-22-8-14-26(40-2)15-9-22)18-16-24-19-35-28-7-5-4-6-27(24)28/h4-15,19,35H,3,16-18,20-21H2,1-2H3. The molecular formula is C31H32F3N3O3. The Labute approximate surface area is 231 Å². The van der Waals surface area contributed by atoms with Gasteiger partial charge in [0.2, 0.25) is 5.91 Å². The Morgan fingerprint density at radius 2 is 1.60 bits per heavy atom. The molecule has 210 valence electrons. The minimum absolute atomic E-state index is 0.106. The van der Waals surface area contributed by atoms with E-state index in [9.17, 15) is 22.8 Å². The molecule has 0 aliphatic heterocycles. The Balaban J connectivity index is 1.53. The van der Waals surface area contributed by atoms with Crippen molar-refractivity contribution in [3.05, 3.63) is 101 Å². The van der Waals surface area contributed by atoms with Gasteiger partial charge in [-0.1, -0.05) is 37.3 Å². The maximum absolute atomic E-state index is 13.7. The van der Waals surface area contributed by atoms with Crippen LogP contribution < -0.4 is 4.74 Å². The van der Waals surface area contributed by atoms with Crippen molar-refractivity contribution in [2.75, 3.05) is 26.7 Å². The third-order valence-electron chi connectivity index (χ3n) is 6.78. The highest BCUT2D eigenvalue weighted by Gasteiger charge is 2.30. The van der Waals surface area contributed by atoms with Gasteiger partial charge in [-0.05, 0) is 66.4 Å². The third-order valence-corrected chi connectivity index (χ3v) is 6.78. The quantitative estimate of drug-likeness (QED) is 0.237. The Morgan fingerprint density at radius 3 is 2.25 bits per heavy atom. The van der Waals surface area contributed by atoms with E-state index in [0.29, 0.717) is 38.2 Å². The molecule has 0 fully saturated rings. The zero-order valence-electron chi connectivity index (χ0n) is 22.5. The van der Waals surface area contributed by atoms with Crippen molar-refractivity contribution in [3.63, 3.8) is 0 Å². The van der Waals surface area contributed by atoms with Gasteiger partial charge in [0.05, 0.1) is 12.7 Å². The molecule has 6 nitrogen and oxygen atoms in total. The molecule has 0 saturated heterocycles. The van der Waals surface area contributed by atoms with Gasteiger partial charge in [-0.2, -0.15) is 13.2 Å². The van der Waals surface area contributed by atoms with Gasteiger partial charge in [-0.15, -0.1) is 0 Å². The van der Waals surface area contributed by atoms with Crippen molar-refractivity contribution in [1.29, 1.82) is 0 Å². The van der Waals surface area contributed by atoms with Gasteiger partial charge < -0.3 is 19.5 Å². The van der Waals surface area contributed by atoms with Gasteiger partial charge in [-0.25, -0.2) is 0 Å². The molecule has 0 atom stereocenters. The number of aromatic nitrogens is 1. The van der Waals surface area contributed by atoms with E-state index in [0.717, 1.165) is 46.3 Å². The van der Waals surface area contributed by atoms with Crippen LogP contribution in [0.2, 0.25) is 0 Å². The van der Waals surface area contributed by atoms with E-state index in [4.69, 9.17) is 4.74 Å². The number of amides is 2. The predicted octanol–water partition coefficient (Wildman–Crippen LogP) is 6.32. The van der Waals surface area contributed by atoms with Crippen LogP contribution in [0.1, 0.15) is 40.4 Å². The Morgan fingerprint density at radius 1 is 0.900 bits per heavy atom. The van der Waals surface area contributed by atoms with E-state index in [1.54, 1.807) is 12.0 Å². The maximum atomic E-state index is 13.7. The zero-order chi connectivity index (χ0) is 28.7. The fourth-order valence-corrected chi connectivity index (χ4v) is 4.61. The molecule has 2 amide bonds. The van der Waals surface area contributed by atoms with Gasteiger partial charge in [-0.3, -0.25) is 9.59 Å². The lowest BCUT2D eigenvalue weighted by molar-refractivity contribution is -0.137. The first-order valence-corrected chi connectivity index (χ1v) is 13.1. The predicted molar refractivity (Wildman–Crippen MR) is 148 cm³/mol. The number of benzene rings is 3. The van der Waals surface area contributed by atoms with Crippen molar-refractivity contribution in [3.8, 4) is 5.75 Å². The minimum Gasteiger partial charge on any atom is -0.497 e. The molecule has 9 heteroatoms. The molecule has 1 heterocycles. The number of nitrogens with one attached hydrogen (secondary N) is 1. The number of H-pyrrole nitrogens is 1. The number of halogens is 3. The second-order valence-corrected chi connectivity index (χ2v) is 9.57. The van der Waals surface area contributed by atoms with E-state index in [1.807, 2.05) is 61.7 Å². The number of hydrogen-bond donors (Lipinski definition) is 1. The minimum atomic E-state index is -4.49. The molecule has 0 saturated carbocycles. The van der Waals surface area contributed by atoms with Gasteiger partial charge in [0.25, 0.3) is 5.91 Å². The largest absolute Gasteiger partial charge is 0.497 e. The van der Waals surface area contributed by atoms with E-state index in [1.165, 1.54) is 4.90 Å². The fraction of sp³-hybridized carbons (Fsp3) is 0.290. The summed E-state index contributed by atoms with van der Waals surface area (Å²) in [5.74, 6) is -0.0222. The maximum Gasteiger partial charge on any atom is 0.416 e. The number of methoxy groups -OCH3 is 1. The first-order chi connectivity index (χ1) is 19.2. The van der Waals surface area contributed by atoms with E-state index in [-0.39, 0.29) is 18.0 Å². The summed E-state index contributed by atoms with van der Waals surface area (Å²) in [7, 11) is 1.59. The Bertz CT molecular complexity index is 1430. The number of carbonyl (C=O) groups excluding carboxylic acids is 2. The normalized spacial score (nSPS) is 11.4. The van der Waals surface area contributed by atoms with Gasteiger partial charge in [0.15, 0.2) is 0 Å². The highest BCUT2D eigenvalue weighted by molar-refractivity contribution is 5.96. The number of para-hydroxylation sites is 1. The molecule has 0 aliphatic rings. The van der Waals surface area contributed by atoms with Crippen molar-refractivity contribution in [2.45, 2.75) is 32.5 Å². The van der Waals surface area contributed by atoms with Crippen LogP contribution in [0, 0.1) is 0 Å². The van der Waals surface area contributed by atoms with Crippen molar-refractivity contribution in [2.24, 2.45) is 0 Å². The van der Waals surface area contributed by atoms with Gasteiger partial charge in [0.1, 0.15) is 12.3 Å². The third kappa shape index (κ3) is 7.02. The Kier molecular flexibility index (Phi) is 9.14. The van der Waals surface area contributed by atoms with Crippen LogP contribution in [-0.2, 0) is 23.9 Å². The molecule has 3 aromatic carbocycles. The lowest BCUT2D eigenvalue weighted by Crippen LogP contribution is -2.43. The summed E-state index contributed by atoms with van der Waals surface area (Å²) in [6.07, 6.45) is -1.36. The van der Waals surface area contributed by atoms with Crippen LogP contribution in [0.25, 0.3) is 10.9 Å². The molecule has 0 radical (unpaired) electrons. The average Bonchev–Trinajstić information content (AvgIpc) is 3.37. The molecule has 1 N–H and O–H groups in total. The monoisotopic (exact) mass is 551 g/mol. The smallest absolute Gasteiger partial charge is 0.416 e. The highest BCUT2D eigenvalue weighted by Crippen LogP contribution is 2.29. The number of alkyl halides is 3. The lowest BCUT2D eigenvalue weighted by Gasteiger charge is -2.28. The molecular weight excluding hydrogens is 519 g/mol. The summed E-state index contributed by atoms with van der Waals surface area (Å²) in [5.41, 5.74) is 2.28. The zero-order valence-corrected chi connectivity index (χ0v) is 22.5. The summed E-state index contributed by atoms with van der Waals surface area (Å²) in [4.78, 5) is 33.3. The van der Waals surface area contributed by atoms with Crippen LogP contribution in [0.15, 0.2) is 79.0 Å². The van der Waals surface area contributed by atoms with Crippen LogP contribution in [0.3, 0.4) is 0 Å². The summed E-state index contributed by atoms with van der Waals surface area (Å²) >= 11 is 0. The van der Waals surface area contributed by atoms with Gasteiger partial charge >= 0.3 is 6.18 Å². The molecule has 1 aromatic heterocycles. The molecule has 4 aromatic rings. The van der Waals surface area contributed by atoms with Crippen molar-refractivity contribution >= 4 is 22.7 Å². The molecule has 0 aliphatic carbocycles. The molecule has 4 rings (SSSR count). The van der Waals surface area contributed by atoms with Crippen LogP contribution in [0.5, 0.6) is 5.75 Å².